The molecule has 0 bridgehead atoms. The van der Waals surface area contributed by atoms with Crippen molar-refractivity contribution in [2.45, 2.75) is 30.4 Å². The summed E-state index contributed by atoms with van der Waals surface area (Å²) in [5, 5.41) is 9.10. The molecule has 0 aliphatic heterocycles. The first-order chi connectivity index (χ1) is 7.51. The second kappa shape index (κ2) is 5.77. The van der Waals surface area contributed by atoms with Crippen molar-refractivity contribution in [2.24, 2.45) is 0 Å². The van der Waals surface area contributed by atoms with Crippen LogP contribution in [0.1, 0.15) is 44.9 Å². The summed E-state index contributed by atoms with van der Waals surface area (Å²) in [6.45, 7) is 3.92. The molecular weight excluding hydrogens is 338 g/mol. The number of halogens is 2. The minimum absolute atomic E-state index is 0.0635. The van der Waals surface area contributed by atoms with E-state index in [1.54, 1.807) is 6.07 Å². The predicted molar refractivity (Wildman–Crippen MR) is 70.5 cm³/mol. The molecule has 1 N–H and O–H groups in total. The third-order valence-corrected chi connectivity index (χ3v) is 3.34. The van der Waals surface area contributed by atoms with Gasteiger partial charge in [-0.1, -0.05) is 45.7 Å². The summed E-state index contributed by atoms with van der Waals surface area (Å²) in [6.07, 6.45) is 1.42. The van der Waals surface area contributed by atoms with Gasteiger partial charge in [0.1, 0.15) is 0 Å². The molecule has 0 radical (unpaired) electrons. The van der Waals surface area contributed by atoms with Gasteiger partial charge in [0, 0.05) is 5.69 Å². The van der Waals surface area contributed by atoms with Crippen LogP contribution in [-0.2, 0) is 12.8 Å². The maximum Gasteiger partial charge on any atom is 0.337 e. The molecule has 0 amide bonds. The number of aromatic carboxylic acids is 1. The molecule has 0 aliphatic rings. The van der Waals surface area contributed by atoms with Crippen molar-refractivity contribution in [2.75, 3.05) is 0 Å². The van der Waals surface area contributed by atoms with E-state index in [0.29, 0.717) is 17.7 Å². The molecule has 0 saturated carbocycles. The van der Waals surface area contributed by atoms with E-state index in [1.807, 2.05) is 13.8 Å². The smallest absolute Gasteiger partial charge is 0.337 e. The number of aromatic nitrogens is 1. The molecule has 1 heterocycles. The molecule has 0 aliphatic carbocycles. The molecule has 1 aromatic heterocycles. The maximum atomic E-state index is 11.1. The average molecular weight is 351 g/mol. The third kappa shape index (κ3) is 2.83. The Labute approximate surface area is 112 Å². The predicted octanol–water partition coefficient (Wildman–Crippen LogP) is 3.69. The highest BCUT2D eigenvalue weighted by atomic mass is 79.9. The van der Waals surface area contributed by atoms with Crippen LogP contribution in [0.25, 0.3) is 0 Å². The number of alkyl halides is 2. The van der Waals surface area contributed by atoms with Crippen LogP contribution in [0.4, 0.5) is 0 Å². The van der Waals surface area contributed by atoms with Crippen molar-refractivity contribution in [3.8, 4) is 0 Å². The SMILES string of the molecule is CCc1nc(CC)c(C(Br)Br)cc1C(=O)O. The van der Waals surface area contributed by atoms with Gasteiger partial charge < -0.3 is 5.11 Å². The summed E-state index contributed by atoms with van der Waals surface area (Å²) < 4.78 is -0.0635. The van der Waals surface area contributed by atoms with Gasteiger partial charge in [-0.3, -0.25) is 4.98 Å². The van der Waals surface area contributed by atoms with Crippen LogP contribution in [-0.4, -0.2) is 16.1 Å². The van der Waals surface area contributed by atoms with Crippen molar-refractivity contribution in [1.29, 1.82) is 0 Å². The zero-order chi connectivity index (χ0) is 12.3. The fourth-order valence-corrected chi connectivity index (χ4v) is 2.33. The molecule has 88 valence electrons. The van der Waals surface area contributed by atoms with E-state index >= 15 is 0 Å². The first kappa shape index (κ1) is 13.6. The lowest BCUT2D eigenvalue weighted by Gasteiger charge is -2.12. The summed E-state index contributed by atoms with van der Waals surface area (Å²) in [5.41, 5.74) is 2.75. The van der Waals surface area contributed by atoms with Gasteiger partial charge in [0.2, 0.25) is 0 Å². The number of aryl methyl sites for hydroxylation is 2. The number of carboxylic acid groups (broad SMARTS) is 1. The zero-order valence-electron chi connectivity index (χ0n) is 9.13. The third-order valence-electron chi connectivity index (χ3n) is 2.35. The Morgan fingerprint density at radius 1 is 1.38 bits per heavy atom. The van der Waals surface area contributed by atoms with Crippen LogP contribution < -0.4 is 0 Å². The van der Waals surface area contributed by atoms with E-state index < -0.39 is 5.97 Å². The molecule has 0 spiro atoms. The van der Waals surface area contributed by atoms with Crippen LogP contribution in [0.3, 0.4) is 0 Å². The molecule has 5 heteroatoms. The Kier molecular flexibility index (Phi) is 4.92. The van der Waals surface area contributed by atoms with Crippen molar-refractivity contribution in [3.63, 3.8) is 0 Å². The number of carboxylic acids is 1. The van der Waals surface area contributed by atoms with Crippen molar-refractivity contribution in [1.82, 2.24) is 4.98 Å². The molecule has 1 rings (SSSR count). The van der Waals surface area contributed by atoms with Gasteiger partial charge >= 0.3 is 5.97 Å². The summed E-state index contributed by atoms with van der Waals surface area (Å²) in [6, 6.07) is 1.70. The molecule has 3 nitrogen and oxygen atoms in total. The second-order valence-corrected chi connectivity index (χ2v) is 6.39. The number of nitrogens with zero attached hydrogens (tertiary/aromatic N) is 1. The fourth-order valence-electron chi connectivity index (χ4n) is 1.54. The molecule has 0 fully saturated rings. The van der Waals surface area contributed by atoms with Crippen LogP contribution in [0.15, 0.2) is 6.07 Å². The minimum Gasteiger partial charge on any atom is -0.478 e. The summed E-state index contributed by atoms with van der Waals surface area (Å²) >= 11 is 6.78. The highest BCUT2D eigenvalue weighted by Gasteiger charge is 2.17. The average Bonchev–Trinajstić information content (AvgIpc) is 2.26. The van der Waals surface area contributed by atoms with Gasteiger partial charge in [-0.15, -0.1) is 0 Å². The molecule has 0 unspecified atom stereocenters. The highest BCUT2D eigenvalue weighted by molar-refractivity contribution is 9.24. The Bertz CT molecular complexity index is 405. The Hall–Kier alpha value is -0.420. The van der Waals surface area contributed by atoms with Crippen LogP contribution in [0.2, 0.25) is 0 Å². The largest absolute Gasteiger partial charge is 0.478 e. The van der Waals surface area contributed by atoms with E-state index in [0.717, 1.165) is 17.7 Å². The Morgan fingerprint density at radius 2 is 1.94 bits per heavy atom. The standard InChI is InChI=1S/C11H13Br2NO2/c1-3-8-6(10(12)13)5-7(11(15)16)9(4-2)14-8/h5,10H,3-4H2,1-2H3,(H,15,16). The summed E-state index contributed by atoms with van der Waals surface area (Å²) in [5.74, 6) is -0.922. The lowest BCUT2D eigenvalue weighted by atomic mass is 10.1. The molecule has 16 heavy (non-hydrogen) atoms. The van der Waals surface area contributed by atoms with Crippen molar-refractivity contribution in [3.05, 3.63) is 28.6 Å². The molecule has 0 atom stereocenters. The number of pyridine rings is 1. The van der Waals surface area contributed by atoms with Crippen LogP contribution >= 0.6 is 31.9 Å². The van der Waals surface area contributed by atoms with E-state index in [1.165, 1.54) is 0 Å². The number of carbonyl (C=O) groups is 1. The fraction of sp³-hybridized carbons (Fsp3) is 0.455. The number of hydrogen-bond donors (Lipinski definition) is 1. The van der Waals surface area contributed by atoms with E-state index in [4.69, 9.17) is 5.11 Å². The van der Waals surface area contributed by atoms with Gasteiger partial charge in [0.05, 0.1) is 15.0 Å². The molecule has 0 aromatic carbocycles. The first-order valence-corrected chi connectivity index (χ1v) is 6.88. The Morgan fingerprint density at radius 3 is 2.31 bits per heavy atom. The Balaban J connectivity index is 3.40. The maximum absolute atomic E-state index is 11.1. The van der Waals surface area contributed by atoms with Crippen LogP contribution in [0, 0.1) is 0 Å². The van der Waals surface area contributed by atoms with Crippen LogP contribution in [0.5, 0.6) is 0 Å². The molecular formula is C11H13Br2NO2. The van der Waals surface area contributed by atoms with Crippen molar-refractivity contribution < 1.29 is 9.90 Å². The lowest BCUT2D eigenvalue weighted by molar-refractivity contribution is 0.0695. The van der Waals surface area contributed by atoms with E-state index in [2.05, 4.69) is 36.8 Å². The second-order valence-electron chi connectivity index (χ2n) is 3.33. The molecule has 0 saturated heterocycles. The van der Waals surface area contributed by atoms with Gasteiger partial charge in [-0.25, -0.2) is 4.79 Å². The monoisotopic (exact) mass is 349 g/mol. The van der Waals surface area contributed by atoms with Gasteiger partial charge in [0.15, 0.2) is 0 Å². The van der Waals surface area contributed by atoms with Gasteiger partial charge in [-0.2, -0.15) is 0 Å². The van der Waals surface area contributed by atoms with Gasteiger partial charge in [0.25, 0.3) is 0 Å². The van der Waals surface area contributed by atoms with E-state index in [-0.39, 0.29) is 3.74 Å². The quantitative estimate of drug-likeness (QED) is 0.842. The van der Waals surface area contributed by atoms with Gasteiger partial charge in [-0.05, 0) is 24.5 Å². The first-order valence-electron chi connectivity index (χ1n) is 5.05. The summed E-state index contributed by atoms with van der Waals surface area (Å²) in [4.78, 5) is 15.5. The molecule has 1 aromatic rings. The topological polar surface area (TPSA) is 50.2 Å². The number of hydrogen-bond acceptors (Lipinski definition) is 2. The normalized spacial score (nSPS) is 10.8. The van der Waals surface area contributed by atoms with E-state index in [9.17, 15) is 4.79 Å². The zero-order valence-corrected chi connectivity index (χ0v) is 12.3. The van der Waals surface area contributed by atoms with Crippen molar-refractivity contribution >= 4 is 37.8 Å². The summed E-state index contributed by atoms with van der Waals surface area (Å²) in [7, 11) is 0. The minimum atomic E-state index is -0.922. The number of rotatable bonds is 4. The highest BCUT2D eigenvalue weighted by Crippen LogP contribution is 2.32. The lowest BCUT2D eigenvalue weighted by Crippen LogP contribution is -2.09.